The van der Waals surface area contributed by atoms with Crippen molar-refractivity contribution in [3.8, 4) is 11.1 Å². The second-order valence-corrected chi connectivity index (χ2v) is 8.46. The Morgan fingerprint density at radius 2 is 1.97 bits per heavy atom. The molecule has 4 rings (SSSR count). The number of aryl methyl sites for hydroxylation is 2. The van der Waals surface area contributed by atoms with Crippen LogP contribution < -0.4 is 10.6 Å². The summed E-state index contributed by atoms with van der Waals surface area (Å²) in [4.78, 5) is 33.2. The molecule has 0 bridgehead atoms. The summed E-state index contributed by atoms with van der Waals surface area (Å²) in [6, 6.07) is 10.7. The first-order valence-electron chi connectivity index (χ1n) is 11.6. The van der Waals surface area contributed by atoms with Crippen LogP contribution in [-0.2, 0) is 24.2 Å². The molecule has 0 saturated carbocycles. The highest BCUT2D eigenvalue weighted by molar-refractivity contribution is 5.99. The minimum Gasteiger partial charge on any atom is -0.480 e. The van der Waals surface area contributed by atoms with Crippen molar-refractivity contribution < 1.29 is 23.5 Å². The molecule has 1 aromatic heterocycles. The van der Waals surface area contributed by atoms with Gasteiger partial charge in [0.1, 0.15) is 17.6 Å². The quantitative estimate of drug-likeness (QED) is 0.421. The fourth-order valence-electron chi connectivity index (χ4n) is 4.19. The number of nitrogens with one attached hydrogen (secondary N) is 2. The fraction of sp³-hybridized carbons (Fsp3) is 0.259. The van der Waals surface area contributed by atoms with Crippen molar-refractivity contribution >= 4 is 24.1 Å². The van der Waals surface area contributed by atoms with Gasteiger partial charge in [-0.3, -0.25) is 4.79 Å². The van der Waals surface area contributed by atoms with E-state index in [9.17, 15) is 19.1 Å². The second-order valence-electron chi connectivity index (χ2n) is 8.46. The summed E-state index contributed by atoms with van der Waals surface area (Å²) in [6.45, 7) is 4.45. The maximum Gasteiger partial charge on any atom is 0.326 e. The molecule has 1 amide bonds. The number of aliphatic imine (C=N–C) groups is 2. The predicted molar refractivity (Wildman–Crippen MR) is 135 cm³/mol. The molecule has 3 aromatic rings. The number of amides is 1. The van der Waals surface area contributed by atoms with Gasteiger partial charge in [-0.05, 0) is 53.8 Å². The maximum absolute atomic E-state index is 13.8. The number of hydrogen-bond donors (Lipinski definition) is 3. The first-order valence-corrected chi connectivity index (χ1v) is 11.6. The molecule has 0 radical (unpaired) electrons. The fourth-order valence-corrected chi connectivity index (χ4v) is 4.19. The lowest BCUT2D eigenvalue weighted by atomic mass is 9.97. The highest BCUT2D eigenvalue weighted by atomic mass is 19.1. The summed E-state index contributed by atoms with van der Waals surface area (Å²) in [6.07, 6.45) is 3.88. The van der Waals surface area contributed by atoms with Gasteiger partial charge in [-0.2, -0.15) is 0 Å². The monoisotopic (exact) mass is 490 g/mol. The lowest BCUT2D eigenvalue weighted by Crippen LogP contribution is -2.42. The molecule has 36 heavy (non-hydrogen) atoms. The van der Waals surface area contributed by atoms with Crippen LogP contribution in [-0.4, -0.2) is 41.7 Å². The van der Waals surface area contributed by atoms with Crippen molar-refractivity contribution in [2.75, 3.05) is 6.54 Å². The lowest BCUT2D eigenvalue weighted by Gasteiger charge is -2.18. The summed E-state index contributed by atoms with van der Waals surface area (Å²) in [5, 5.41) is 15.5. The van der Waals surface area contributed by atoms with Crippen LogP contribution in [0.4, 0.5) is 4.39 Å². The Kier molecular flexibility index (Phi) is 7.58. The van der Waals surface area contributed by atoms with Crippen molar-refractivity contribution in [1.82, 2.24) is 10.6 Å². The first-order chi connectivity index (χ1) is 17.4. The van der Waals surface area contributed by atoms with Gasteiger partial charge in [0.25, 0.3) is 5.91 Å². The van der Waals surface area contributed by atoms with Crippen LogP contribution in [0.15, 0.2) is 63.1 Å². The van der Waals surface area contributed by atoms with Crippen LogP contribution in [0, 0.1) is 12.7 Å². The van der Waals surface area contributed by atoms with Crippen molar-refractivity contribution in [2.45, 2.75) is 39.3 Å². The number of rotatable bonds is 9. The molecule has 1 unspecified atom stereocenters. The zero-order valence-electron chi connectivity index (χ0n) is 20.0. The Morgan fingerprint density at radius 3 is 2.64 bits per heavy atom. The zero-order valence-corrected chi connectivity index (χ0v) is 20.0. The van der Waals surface area contributed by atoms with Crippen molar-refractivity contribution in [3.63, 3.8) is 0 Å². The SMILES string of the molecule is CCc1cc(F)cc(C)c1C(=O)NC(Cc1ccc(-c2ccoc2CNC2=NCC=N2)cc1)C(=O)O. The number of carbonyl (C=O) groups excluding carboxylic acids is 1. The van der Waals surface area contributed by atoms with E-state index in [2.05, 4.69) is 20.6 Å². The second kappa shape index (κ2) is 11.0. The van der Waals surface area contributed by atoms with Gasteiger partial charge in [0, 0.05) is 23.8 Å². The van der Waals surface area contributed by atoms with Crippen LogP contribution in [0.5, 0.6) is 0 Å². The molecule has 0 saturated heterocycles. The van der Waals surface area contributed by atoms with Gasteiger partial charge in [0.2, 0.25) is 5.96 Å². The number of nitrogens with zero attached hydrogens (tertiary/aromatic N) is 2. The van der Waals surface area contributed by atoms with Crippen LogP contribution in [0.25, 0.3) is 11.1 Å². The highest BCUT2D eigenvalue weighted by Crippen LogP contribution is 2.26. The summed E-state index contributed by atoms with van der Waals surface area (Å²) in [7, 11) is 0. The van der Waals surface area contributed by atoms with Crippen molar-refractivity contribution in [3.05, 3.63) is 82.6 Å². The summed E-state index contributed by atoms with van der Waals surface area (Å²) in [5.41, 5.74) is 3.88. The Morgan fingerprint density at radius 1 is 1.19 bits per heavy atom. The van der Waals surface area contributed by atoms with E-state index in [-0.39, 0.29) is 6.42 Å². The van der Waals surface area contributed by atoms with Gasteiger partial charge >= 0.3 is 5.97 Å². The van der Waals surface area contributed by atoms with Crippen molar-refractivity contribution in [2.24, 2.45) is 9.98 Å². The third kappa shape index (κ3) is 5.68. The molecule has 186 valence electrons. The summed E-state index contributed by atoms with van der Waals surface area (Å²) >= 11 is 0. The van der Waals surface area contributed by atoms with E-state index in [1.165, 1.54) is 12.1 Å². The average Bonchev–Trinajstić information content (AvgIpc) is 3.54. The third-order valence-corrected chi connectivity index (χ3v) is 5.99. The van der Waals surface area contributed by atoms with Gasteiger partial charge in [-0.1, -0.05) is 31.2 Å². The van der Waals surface area contributed by atoms with Gasteiger partial charge in [0.05, 0.1) is 19.4 Å². The number of carbonyl (C=O) groups is 2. The molecule has 3 N–H and O–H groups in total. The minimum absolute atomic E-state index is 0.0979. The average molecular weight is 491 g/mol. The summed E-state index contributed by atoms with van der Waals surface area (Å²) < 4.78 is 19.4. The van der Waals surface area contributed by atoms with Crippen LogP contribution in [0.1, 0.15) is 39.7 Å². The van der Waals surface area contributed by atoms with Gasteiger partial charge in [-0.25, -0.2) is 19.2 Å². The number of carboxylic acid groups (broad SMARTS) is 1. The molecule has 0 spiro atoms. The smallest absolute Gasteiger partial charge is 0.326 e. The standard InChI is InChI=1S/C27H27FN4O4/c1-3-18-14-20(28)12-16(2)24(18)25(33)32-22(26(34)35)13-17-4-6-19(7-5-17)21-8-11-36-23(21)15-31-27-29-9-10-30-27/h4-9,11-12,14,22H,3,10,13,15H2,1-2H3,(H,30,31)(H,32,33)(H,34,35). The van der Waals surface area contributed by atoms with Gasteiger partial charge in [-0.15, -0.1) is 0 Å². The molecule has 9 heteroatoms. The Balaban J connectivity index is 1.45. The topological polar surface area (TPSA) is 116 Å². The maximum atomic E-state index is 13.8. The number of halogens is 1. The van der Waals surface area contributed by atoms with E-state index < -0.39 is 23.7 Å². The zero-order chi connectivity index (χ0) is 25.7. The van der Waals surface area contributed by atoms with Crippen LogP contribution in [0.2, 0.25) is 0 Å². The molecular weight excluding hydrogens is 463 g/mol. The lowest BCUT2D eigenvalue weighted by molar-refractivity contribution is -0.139. The molecule has 1 aliphatic rings. The van der Waals surface area contributed by atoms with E-state index in [0.29, 0.717) is 42.2 Å². The molecule has 8 nitrogen and oxygen atoms in total. The first kappa shape index (κ1) is 24.8. The molecule has 2 aromatic carbocycles. The van der Waals surface area contributed by atoms with Gasteiger partial charge in [0.15, 0.2) is 0 Å². The molecular formula is C27H27FN4O4. The van der Waals surface area contributed by atoms with E-state index in [4.69, 9.17) is 4.42 Å². The third-order valence-electron chi connectivity index (χ3n) is 5.99. The van der Waals surface area contributed by atoms with E-state index >= 15 is 0 Å². The number of carboxylic acids is 1. The highest BCUT2D eigenvalue weighted by Gasteiger charge is 2.24. The molecule has 0 fully saturated rings. The van der Waals surface area contributed by atoms with Crippen LogP contribution in [0.3, 0.4) is 0 Å². The molecule has 1 aliphatic heterocycles. The summed E-state index contributed by atoms with van der Waals surface area (Å²) in [5.74, 6) is -0.805. The van der Waals surface area contributed by atoms with E-state index in [1.807, 2.05) is 37.3 Å². The van der Waals surface area contributed by atoms with E-state index in [1.54, 1.807) is 19.4 Å². The minimum atomic E-state index is -1.15. The number of guanidine groups is 1. The molecule has 1 atom stereocenters. The predicted octanol–water partition coefficient (Wildman–Crippen LogP) is 3.91. The normalized spacial score (nSPS) is 13.4. The van der Waals surface area contributed by atoms with Gasteiger partial charge < -0.3 is 20.2 Å². The number of furan rings is 1. The van der Waals surface area contributed by atoms with E-state index in [0.717, 1.165) is 22.5 Å². The van der Waals surface area contributed by atoms with Crippen LogP contribution >= 0.6 is 0 Å². The van der Waals surface area contributed by atoms with Crippen molar-refractivity contribution in [1.29, 1.82) is 0 Å². The Hall–Kier alpha value is -4.27. The molecule has 0 aliphatic carbocycles. The number of benzene rings is 2. The number of hydrogen-bond acceptors (Lipinski definition) is 6. The Bertz CT molecular complexity index is 1330. The molecule has 2 heterocycles. The largest absolute Gasteiger partial charge is 0.480 e. The Labute approximate surface area is 208 Å². The number of aliphatic carboxylic acids is 1.